The molecule has 1 saturated heterocycles. The van der Waals surface area contributed by atoms with E-state index in [1.54, 1.807) is 0 Å². The average Bonchev–Trinajstić information content (AvgIpc) is 1.91. The molecule has 1 aliphatic heterocycles. The number of aliphatic hydroxyl groups excluding tert-OH is 1. The van der Waals surface area contributed by atoms with E-state index in [0.717, 1.165) is 5.06 Å². The maximum Gasteiger partial charge on any atom is 0.155 e. The predicted octanol–water partition coefficient (Wildman–Crippen LogP) is -1.02. The maximum absolute atomic E-state index is 8.55. The van der Waals surface area contributed by atoms with E-state index < -0.39 is 6.23 Å². The molecule has 0 aliphatic carbocycles. The second-order valence-corrected chi connectivity index (χ2v) is 1.42. The van der Waals surface area contributed by atoms with Gasteiger partial charge in [-0.05, 0) is 0 Å². The van der Waals surface area contributed by atoms with Crippen LogP contribution in [0.1, 0.15) is 0 Å². The highest BCUT2D eigenvalue weighted by Crippen LogP contribution is 2.00. The minimum atomic E-state index is -0.819. The molecule has 0 aromatic heterocycles. The zero-order valence-corrected chi connectivity index (χ0v) is 3.74. The van der Waals surface area contributed by atoms with Crippen molar-refractivity contribution in [2.45, 2.75) is 6.23 Å². The molecule has 2 N–H and O–H groups in total. The number of rotatable bonds is 0. The number of nitrogens with zero attached hydrogens (tertiary/aromatic N) is 1. The van der Waals surface area contributed by atoms with Gasteiger partial charge in [0.25, 0.3) is 0 Å². The van der Waals surface area contributed by atoms with Crippen LogP contribution in [0.5, 0.6) is 0 Å². The van der Waals surface area contributed by atoms with E-state index in [1.165, 1.54) is 0 Å². The van der Waals surface area contributed by atoms with E-state index in [2.05, 4.69) is 4.74 Å². The molecule has 1 rings (SSSR count). The number of ether oxygens (including phenoxy) is 1. The van der Waals surface area contributed by atoms with Gasteiger partial charge >= 0.3 is 0 Å². The van der Waals surface area contributed by atoms with Gasteiger partial charge in [0.2, 0.25) is 0 Å². The first kappa shape index (κ1) is 4.99. The molecule has 0 radical (unpaired) electrons. The Morgan fingerprint density at radius 2 is 2.43 bits per heavy atom. The summed E-state index contributed by atoms with van der Waals surface area (Å²) in [7, 11) is 0. The van der Waals surface area contributed by atoms with Crippen molar-refractivity contribution in [2.24, 2.45) is 0 Å². The number of hydroxylamine groups is 2. The molecule has 4 nitrogen and oxygen atoms in total. The summed E-state index contributed by atoms with van der Waals surface area (Å²) >= 11 is 0. The lowest BCUT2D eigenvalue weighted by Gasteiger charge is -2.05. The van der Waals surface area contributed by atoms with Gasteiger partial charge in [0, 0.05) is 0 Å². The average molecular weight is 105 g/mol. The van der Waals surface area contributed by atoms with Gasteiger partial charge in [-0.2, -0.15) is 0 Å². The Bertz CT molecular complexity index is 59.2. The van der Waals surface area contributed by atoms with Gasteiger partial charge in [-0.1, -0.05) is 0 Å². The van der Waals surface area contributed by atoms with E-state index in [4.69, 9.17) is 10.3 Å². The second kappa shape index (κ2) is 1.75. The monoisotopic (exact) mass is 105 g/mol. The molecule has 1 fully saturated rings. The number of aliphatic hydroxyl groups is 1. The summed E-state index contributed by atoms with van der Waals surface area (Å²) in [4.78, 5) is 0. The highest BCUT2D eigenvalue weighted by molar-refractivity contribution is 4.50. The maximum atomic E-state index is 8.55. The van der Waals surface area contributed by atoms with Gasteiger partial charge in [0.05, 0.1) is 6.61 Å². The van der Waals surface area contributed by atoms with E-state index in [-0.39, 0.29) is 13.3 Å². The fourth-order valence-electron chi connectivity index (χ4n) is 0.424. The quantitative estimate of drug-likeness (QED) is 0.414. The summed E-state index contributed by atoms with van der Waals surface area (Å²) in [5, 5.41) is 17.7. The Hall–Kier alpha value is -0.160. The molecule has 0 spiro atoms. The largest absolute Gasteiger partial charge is 0.374 e. The third-order valence-electron chi connectivity index (χ3n) is 0.835. The van der Waals surface area contributed by atoms with Crippen molar-refractivity contribution in [1.82, 2.24) is 5.06 Å². The molecule has 1 atom stereocenters. The van der Waals surface area contributed by atoms with Crippen molar-refractivity contribution < 1.29 is 15.1 Å². The van der Waals surface area contributed by atoms with Crippen LogP contribution in [0, 0.1) is 0 Å². The van der Waals surface area contributed by atoms with Crippen molar-refractivity contribution in [1.29, 1.82) is 0 Å². The fourth-order valence-corrected chi connectivity index (χ4v) is 0.424. The van der Waals surface area contributed by atoms with Crippen LogP contribution >= 0.6 is 0 Å². The molecule has 0 saturated carbocycles. The molecule has 7 heavy (non-hydrogen) atoms. The molecule has 1 unspecified atom stereocenters. The van der Waals surface area contributed by atoms with E-state index in [9.17, 15) is 0 Å². The molecule has 0 aromatic carbocycles. The lowest BCUT2D eigenvalue weighted by molar-refractivity contribution is -0.174. The van der Waals surface area contributed by atoms with E-state index >= 15 is 0 Å². The topological polar surface area (TPSA) is 52.9 Å². The molecule has 0 amide bonds. The summed E-state index contributed by atoms with van der Waals surface area (Å²) in [5.41, 5.74) is 0. The second-order valence-electron chi connectivity index (χ2n) is 1.42. The predicted molar refractivity (Wildman–Crippen MR) is 20.5 cm³/mol. The molecular weight excluding hydrogens is 98.0 g/mol. The number of hydrogen-bond donors (Lipinski definition) is 2. The summed E-state index contributed by atoms with van der Waals surface area (Å²) < 4.78 is 4.59. The van der Waals surface area contributed by atoms with E-state index in [1.807, 2.05) is 0 Å². The lowest BCUT2D eigenvalue weighted by Crippen LogP contribution is -2.26. The van der Waals surface area contributed by atoms with Crippen LogP contribution in [0.15, 0.2) is 0 Å². The first-order valence-electron chi connectivity index (χ1n) is 2.02. The van der Waals surface area contributed by atoms with Gasteiger partial charge in [0.15, 0.2) is 6.23 Å². The first-order valence-corrected chi connectivity index (χ1v) is 2.02. The molecule has 4 heteroatoms. The van der Waals surface area contributed by atoms with Crippen LogP contribution < -0.4 is 0 Å². The minimum absolute atomic E-state index is 0.112. The Morgan fingerprint density at radius 1 is 1.71 bits per heavy atom. The van der Waals surface area contributed by atoms with Crippen molar-refractivity contribution >= 4 is 0 Å². The smallest absolute Gasteiger partial charge is 0.155 e. The molecule has 0 bridgehead atoms. The molecule has 0 aromatic rings. The van der Waals surface area contributed by atoms with Crippen LogP contribution in [-0.4, -0.2) is 34.9 Å². The summed E-state index contributed by atoms with van der Waals surface area (Å²) in [6.45, 7) is 0.317. The fraction of sp³-hybridized carbons (Fsp3) is 1.00. The van der Waals surface area contributed by atoms with Crippen LogP contribution in [0.3, 0.4) is 0 Å². The Labute approximate surface area is 40.9 Å². The standard InChI is InChI=1S/C3H7NO3/c5-3-1-7-2-4(3)6/h3,5-6H,1-2H2. The minimum Gasteiger partial charge on any atom is -0.374 e. The molecule has 1 aliphatic rings. The van der Waals surface area contributed by atoms with E-state index in [0.29, 0.717) is 0 Å². The van der Waals surface area contributed by atoms with Crippen LogP contribution in [0.4, 0.5) is 0 Å². The SMILES string of the molecule is OC1COCN1O. The van der Waals surface area contributed by atoms with Gasteiger partial charge < -0.3 is 15.1 Å². The highest BCUT2D eigenvalue weighted by atomic mass is 16.6. The molecular formula is C3H7NO3. The highest BCUT2D eigenvalue weighted by Gasteiger charge is 2.19. The van der Waals surface area contributed by atoms with Crippen LogP contribution in [0.2, 0.25) is 0 Å². The zero-order chi connectivity index (χ0) is 5.28. The van der Waals surface area contributed by atoms with Gasteiger partial charge in [-0.15, -0.1) is 5.06 Å². The lowest BCUT2D eigenvalue weighted by atomic mass is 10.6. The Balaban J connectivity index is 2.33. The van der Waals surface area contributed by atoms with Crippen molar-refractivity contribution in [3.63, 3.8) is 0 Å². The van der Waals surface area contributed by atoms with Gasteiger partial charge in [0.1, 0.15) is 6.73 Å². The zero-order valence-electron chi connectivity index (χ0n) is 3.74. The Morgan fingerprint density at radius 3 is 2.57 bits per heavy atom. The van der Waals surface area contributed by atoms with Crippen LogP contribution in [-0.2, 0) is 4.74 Å². The van der Waals surface area contributed by atoms with Crippen molar-refractivity contribution in [3.8, 4) is 0 Å². The molecule has 42 valence electrons. The molecule has 1 heterocycles. The number of hydrogen-bond acceptors (Lipinski definition) is 4. The Kier molecular flexibility index (Phi) is 1.25. The summed E-state index contributed by atoms with van der Waals surface area (Å²) in [6.07, 6.45) is -0.819. The van der Waals surface area contributed by atoms with Crippen molar-refractivity contribution in [2.75, 3.05) is 13.3 Å². The first-order chi connectivity index (χ1) is 3.30. The van der Waals surface area contributed by atoms with Crippen LogP contribution in [0.25, 0.3) is 0 Å². The van der Waals surface area contributed by atoms with Crippen molar-refractivity contribution in [3.05, 3.63) is 0 Å². The third-order valence-corrected chi connectivity index (χ3v) is 0.835. The summed E-state index contributed by atoms with van der Waals surface area (Å²) in [5.74, 6) is 0. The summed E-state index contributed by atoms with van der Waals surface area (Å²) in [6, 6.07) is 0. The van der Waals surface area contributed by atoms with Gasteiger partial charge in [-0.3, -0.25) is 0 Å². The third kappa shape index (κ3) is 0.889. The van der Waals surface area contributed by atoms with Gasteiger partial charge in [-0.25, -0.2) is 0 Å². The normalized spacial score (nSPS) is 34.3.